The Balaban J connectivity index is 1.74. The number of aryl methyl sites for hydroxylation is 2. The average molecular weight is 396 g/mol. The number of rotatable bonds is 3. The Hall–Kier alpha value is -3.73. The largest absolute Gasteiger partial charge is 0.450 e. The maximum Gasteiger partial charge on any atom is 0.291 e. The van der Waals surface area contributed by atoms with Crippen LogP contribution in [0.25, 0.3) is 11.0 Å². The van der Waals surface area contributed by atoms with Crippen molar-refractivity contribution in [2.75, 3.05) is 0 Å². The molecule has 0 unspecified atom stereocenters. The van der Waals surface area contributed by atoms with E-state index in [1.54, 1.807) is 29.4 Å². The van der Waals surface area contributed by atoms with E-state index in [0.29, 0.717) is 23.1 Å². The van der Waals surface area contributed by atoms with Crippen LogP contribution in [-0.2, 0) is 6.54 Å². The molecule has 0 spiro atoms. The molecule has 4 aromatic rings. The van der Waals surface area contributed by atoms with Gasteiger partial charge in [0.1, 0.15) is 5.58 Å². The molecule has 0 fully saturated rings. The van der Waals surface area contributed by atoms with Gasteiger partial charge in [-0.05, 0) is 48.7 Å². The Bertz CT molecular complexity index is 1320. The number of hydrogen-bond donors (Lipinski definition) is 0. The zero-order valence-corrected chi connectivity index (χ0v) is 16.8. The number of pyridine rings is 1. The van der Waals surface area contributed by atoms with E-state index in [4.69, 9.17) is 4.42 Å². The maximum atomic E-state index is 13.5. The summed E-state index contributed by atoms with van der Waals surface area (Å²) in [5, 5.41) is 0.493. The van der Waals surface area contributed by atoms with E-state index in [1.165, 1.54) is 0 Å². The predicted molar refractivity (Wildman–Crippen MR) is 114 cm³/mol. The molecular formula is C25H20N2O3. The summed E-state index contributed by atoms with van der Waals surface area (Å²) in [4.78, 5) is 32.7. The summed E-state index contributed by atoms with van der Waals surface area (Å²) in [6.45, 7) is 4.28. The van der Waals surface area contributed by atoms with Gasteiger partial charge in [-0.2, -0.15) is 0 Å². The molecule has 0 bridgehead atoms. The number of hydrogen-bond acceptors (Lipinski definition) is 4. The van der Waals surface area contributed by atoms with Gasteiger partial charge in [0.15, 0.2) is 5.43 Å². The van der Waals surface area contributed by atoms with Crippen molar-refractivity contribution >= 4 is 16.9 Å². The van der Waals surface area contributed by atoms with Crippen LogP contribution in [0, 0.1) is 13.8 Å². The van der Waals surface area contributed by atoms with Crippen LogP contribution in [0.2, 0.25) is 0 Å². The second-order valence-corrected chi connectivity index (χ2v) is 7.78. The first-order valence-electron chi connectivity index (χ1n) is 9.87. The molecule has 3 heterocycles. The summed E-state index contributed by atoms with van der Waals surface area (Å²) in [6, 6.07) is 16.6. The van der Waals surface area contributed by atoms with Gasteiger partial charge in [-0.25, -0.2) is 0 Å². The second-order valence-electron chi connectivity index (χ2n) is 7.78. The molecule has 5 heteroatoms. The van der Waals surface area contributed by atoms with Crippen molar-refractivity contribution < 1.29 is 9.21 Å². The summed E-state index contributed by atoms with van der Waals surface area (Å²) in [6.07, 6.45) is 3.43. The molecule has 1 aliphatic rings. The number of nitrogens with zero attached hydrogens (tertiary/aromatic N) is 2. The average Bonchev–Trinajstić information content (AvgIpc) is 3.01. The van der Waals surface area contributed by atoms with Crippen LogP contribution >= 0.6 is 0 Å². The van der Waals surface area contributed by atoms with Crippen LogP contribution in [0.3, 0.4) is 0 Å². The third-order valence-corrected chi connectivity index (χ3v) is 5.59. The molecular weight excluding hydrogens is 376 g/mol. The van der Waals surface area contributed by atoms with Crippen LogP contribution < -0.4 is 5.43 Å². The first-order valence-corrected chi connectivity index (χ1v) is 9.87. The lowest BCUT2D eigenvalue weighted by Gasteiger charge is -2.25. The van der Waals surface area contributed by atoms with Crippen molar-refractivity contribution in [3.8, 4) is 0 Å². The molecule has 5 rings (SSSR count). The fraction of sp³-hybridized carbons (Fsp3) is 0.160. The van der Waals surface area contributed by atoms with Crippen LogP contribution in [0.4, 0.5) is 0 Å². The molecule has 2 aromatic heterocycles. The number of amides is 1. The lowest BCUT2D eigenvalue weighted by Crippen LogP contribution is -2.29. The molecule has 2 aromatic carbocycles. The van der Waals surface area contributed by atoms with Crippen molar-refractivity contribution in [3.05, 3.63) is 111 Å². The lowest BCUT2D eigenvalue weighted by atomic mass is 9.97. The van der Waals surface area contributed by atoms with Crippen molar-refractivity contribution in [1.29, 1.82) is 0 Å². The Labute approximate surface area is 173 Å². The highest BCUT2D eigenvalue weighted by atomic mass is 16.3. The third kappa shape index (κ3) is 2.90. The summed E-state index contributed by atoms with van der Waals surface area (Å²) in [5.41, 5.74) is 4.56. The number of benzene rings is 2. The molecule has 1 atom stereocenters. The van der Waals surface area contributed by atoms with Gasteiger partial charge < -0.3 is 9.32 Å². The Morgan fingerprint density at radius 1 is 1.00 bits per heavy atom. The van der Waals surface area contributed by atoms with E-state index in [2.05, 4.69) is 4.98 Å². The highest BCUT2D eigenvalue weighted by molar-refractivity contribution is 5.99. The first kappa shape index (κ1) is 18.3. The quantitative estimate of drug-likeness (QED) is 0.510. The maximum absolute atomic E-state index is 13.5. The van der Waals surface area contributed by atoms with Gasteiger partial charge in [0.2, 0.25) is 5.76 Å². The fourth-order valence-electron chi connectivity index (χ4n) is 4.07. The van der Waals surface area contributed by atoms with Crippen molar-refractivity contribution in [2.45, 2.75) is 26.4 Å². The van der Waals surface area contributed by atoms with Crippen molar-refractivity contribution in [2.24, 2.45) is 0 Å². The molecule has 0 saturated carbocycles. The number of fused-ring (bicyclic) bond motifs is 2. The lowest BCUT2D eigenvalue weighted by molar-refractivity contribution is 0.0714. The smallest absolute Gasteiger partial charge is 0.291 e. The van der Waals surface area contributed by atoms with Gasteiger partial charge >= 0.3 is 0 Å². The Kier molecular flexibility index (Phi) is 4.24. The van der Waals surface area contributed by atoms with E-state index >= 15 is 0 Å². The van der Waals surface area contributed by atoms with E-state index in [9.17, 15) is 9.59 Å². The number of carbonyl (C=O) groups excluding carboxylic acids is 1. The SMILES string of the molecule is Cc1ccc([C@@H]2c3c(oc4cc(C)ccc4c3=O)C(=O)N2Cc2cccnc2)cc1. The zero-order valence-electron chi connectivity index (χ0n) is 16.8. The van der Waals surface area contributed by atoms with Gasteiger partial charge in [0.25, 0.3) is 5.91 Å². The summed E-state index contributed by atoms with van der Waals surface area (Å²) in [7, 11) is 0. The summed E-state index contributed by atoms with van der Waals surface area (Å²) < 4.78 is 6.01. The van der Waals surface area contributed by atoms with Gasteiger partial charge in [-0.1, -0.05) is 42.0 Å². The highest BCUT2D eigenvalue weighted by Crippen LogP contribution is 2.39. The summed E-state index contributed by atoms with van der Waals surface area (Å²) >= 11 is 0. The van der Waals surface area contributed by atoms with Crippen LogP contribution in [0.15, 0.2) is 76.2 Å². The highest BCUT2D eigenvalue weighted by Gasteiger charge is 2.42. The van der Waals surface area contributed by atoms with E-state index in [-0.39, 0.29) is 17.1 Å². The minimum Gasteiger partial charge on any atom is -0.450 e. The Morgan fingerprint density at radius 2 is 1.77 bits per heavy atom. The van der Waals surface area contributed by atoms with E-state index < -0.39 is 6.04 Å². The predicted octanol–water partition coefficient (Wildman–Crippen LogP) is 4.55. The minimum absolute atomic E-state index is 0.132. The number of carbonyl (C=O) groups is 1. The second kappa shape index (κ2) is 6.95. The molecule has 1 amide bonds. The molecule has 0 aliphatic carbocycles. The van der Waals surface area contributed by atoms with Crippen LogP contribution in [-0.4, -0.2) is 15.8 Å². The third-order valence-electron chi connectivity index (χ3n) is 5.59. The standard InChI is InChI=1S/C25H20N2O3/c1-15-5-8-18(9-6-15)22-21-23(28)19-10-7-16(2)12-20(19)30-24(21)25(29)27(22)14-17-4-3-11-26-13-17/h3-13,22H,14H2,1-2H3/t22-/m1/s1. The topological polar surface area (TPSA) is 63.4 Å². The van der Waals surface area contributed by atoms with Gasteiger partial charge in [-0.3, -0.25) is 14.6 Å². The normalized spacial score (nSPS) is 15.6. The van der Waals surface area contributed by atoms with E-state index in [0.717, 1.165) is 22.3 Å². The molecule has 0 N–H and O–H groups in total. The monoisotopic (exact) mass is 396 g/mol. The Morgan fingerprint density at radius 3 is 2.50 bits per heavy atom. The van der Waals surface area contributed by atoms with Crippen molar-refractivity contribution in [3.63, 3.8) is 0 Å². The van der Waals surface area contributed by atoms with E-state index in [1.807, 2.05) is 56.3 Å². The van der Waals surface area contributed by atoms with Gasteiger partial charge in [-0.15, -0.1) is 0 Å². The molecule has 5 nitrogen and oxygen atoms in total. The van der Waals surface area contributed by atoms with Gasteiger partial charge in [0, 0.05) is 18.9 Å². The molecule has 148 valence electrons. The van der Waals surface area contributed by atoms with Gasteiger partial charge in [0.05, 0.1) is 17.0 Å². The molecule has 0 radical (unpaired) electrons. The molecule has 30 heavy (non-hydrogen) atoms. The van der Waals surface area contributed by atoms with Crippen LogP contribution in [0.5, 0.6) is 0 Å². The minimum atomic E-state index is -0.504. The fourth-order valence-corrected chi connectivity index (χ4v) is 4.07. The van der Waals surface area contributed by atoms with Crippen molar-refractivity contribution in [1.82, 2.24) is 9.88 Å². The van der Waals surface area contributed by atoms with Crippen LogP contribution in [0.1, 0.15) is 44.4 Å². The molecule has 0 saturated heterocycles. The first-order chi connectivity index (χ1) is 14.5. The number of aromatic nitrogens is 1. The summed E-state index contributed by atoms with van der Waals surface area (Å²) in [5.74, 6) is -0.146. The molecule has 1 aliphatic heterocycles. The zero-order chi connectivity index (χ0) is 20.8.